The average Bonchev–Trinajstić information content (AvgIpc) is 2.41. The fourth-order valence-electron chi connectivity index (χ4n) is 2.68. The standard InChI is InChI=1S/C16H24N2O2/c1-11-4-3-5-14(8-11)20-10-16(19)18-15-9-13(17)7-6-12(15)2/h6-7,9,11,14H,3-5,8,10,17H2,1-2H3,(H,18,19). The Balaban J connectivity index is 1.82. The lowest BCUT2D eigenvalue weighted by molar-refractivity contribution is -0.123. The Morgan fingerprint density at radius 2 is 2.25 bits per heavy atom. The summed E-state index contributed by atoms with van der Waals surface area (Å²) >= 11 is 0. The van der Waals surface area contributed by atoms with Gasteiger partial charge in [0, 0.05) is 11.4 Å². The van der Waals surface area contributed by atoms with Crippen LogP contribution in [0.1, 0.15) is 38.2 Å². The van der Waals surface area contributed by atoms with Gasteiger partial charge in [0.15, 0.2) is 0 Å². The molecule has 2 rings (SSSR count). The lowest BCUT2D eigenvalue weighted by Crippen LogP contribution is -2.27. The minimum atomic E-state index is -0.114. The topological polar surface area (TPSA) is 64.3 Å². The zero-order chi connectivity index (χ0) is 14.5. The van der Waals surface area contributed by atoms with Gasteiger partial charge in [-0.25, -0.2) is 0 Å². The number of nitrogens with two attached hydrogens (primary N) is 1. The zero-order valence-corrected chi connectivity index (χ0v) is 12.3. The Labute approximate surface area is 120 Å². The molecule has 0 radical (unpaired) electrons. The van der Waals surface area contributed by atoms with Crippen LogP contribution in [0.3, 0.4) is 0 Å². The lowest BCUT2D eigenvalue weighted by Gasteiger charge is -2.26. The summed E-state index contributed by atoms with van der Waals surface area (Å²) in [4.78, 5) is 11.9. The summed E-state index contributed by atoms with van der Waals surface area (Å²) in [6.07, 6.45) is 4.82. The second-order valence-corrected chi connectivity index (χ2v) is 5.83. The van der Waals surface area contributed by atoms with Crippen LogP contribution < -0.4 is 11.1 Å². The molecule has 1 fully saturated rings. The molecular formula is C16H24N2O2. The molecule has 1 saturated carbocycles. The van der Waals surface area contributed by atoms with Crippen LogP contribution in [-0.4, -0.2) is 18.6 Å². The summed E-state index contributed by atoms with van der Waals surface area (Å²) < 4.78 is 5.71. The van der Waals surface area contributed by atoms with Crippen molar-refractivity contribution in [1.29, 1.82) is 0 Å². The predicted molar refractivity (Wildman–Crippen MR) is 81.6 cm³/mol. The summed E-state index contributed by atoms with van der Waals surface area (Å²) in [5, 5.41) is 2.86. The quantitative estimate of drug-likeness (QED) is 0.830. The molecule has 0 heterocycles. The maximum absolute atomic E-state index is 11.9. The smallest absolute Gasteiger partial charge is 0.250 e. The van der Waals surface area contributed by atoms with Crippen LogP contribution in [0.5, 0.6) is 0 Å². The Hall–Kier alpha value is -1.55. The van der Waals surface area contributed by atoms with Crippen LogP contribution in [0, 0.1) is 12.8 Å². The van der Waals surface area contributed by atoms with Crippen LogP contribution in [-0.2, 0) is 9.53 Å². The van der Waals surface area contributed by atoms with Crippen molar-refractivity contribution >= 4 is 17.3 Å². The first-order valence-electron chi connectivity index (χ1n) is 7.32. The molecule has 1 aliphatic carbocycles. The molecule has 2 atom stereocenters. The normalized spacial score (nSPS) is 22.5. The minimum Gasteiger partial charge on any atom is -0.399 e. The first-order chi connectivity index (χ1) is 9.54. The summed E-state index contributed by atoms with van der Waals surface area (Å²) in [5.74, 6) is 0.588. The van der Waals surface area contributed by atoms with Gasteiger partial charge in [-0.05, 0) is 43.4 Å². The number of benzene rings is 1. The molecule has 0 bridgehead atoms. The minimum absolute atomic E-state index is 0.114. The molecular weight excluding hydrogens is 252 g/mol. The van der Waals surface area contributed by atoms with E-state index in [0.29, 0.717) is 11.6 Å². The van der Waals surface area contributed by atoms with Crippen LogP contribution in [0.25, 0.3) is 0 Å². The molecule has 1 aliphatic rings. The molecule has 0 saturated heterocycles. The van der Waals surface area contributed by atoms with Crippen LogP contribution in [0.2, 0.25) is 0 Å². The number of rotatable bonds is 4. The van der Waals surface area contributed by atoms with E-state index in [1.165, 1.54) is 12.8 Å². The van der Waals surface area contributed by atoms with E-state index in [2.05, 4.69) is 12.2 Å². The number of hydrogen-bond acceptors (Lipinski definition) is 3. The molecule has 0 aromatic heterocycles. The molecule has 0 spiro atoms. The van der Waals surface area contributed by atoms with Gasteiger partial charge in [-0.2, -0.15) is 0 Å². The SMILES string of the molecule is Cc1ccc(N)cc1NC(=O)COC1CCCC(C)C1. The highest BCUT2D eigenvalue weighted by atomic mass is 16.5. The number of anilines is 2. The highest BCUT2D eigenvalue weighted by Gasteiger charge is 2.20. The highest BCUT2D eigenvalue weighted by molar-refractivity contribution is 5.92. The Kier molecular flexibility index (Phi) is 5.01. The third kappa shape index (κ3) is 4.23. The fraction of sp³-hybridized carbons (Fsp3) is 0.562. The van der Waals surface area contributed by atoms with Crippen molar-refractivity contribution in [1.82, 2.24) is 0 Å². The van der Waals surface area contributed by atoms with Gasteiger partial charge >= 0.3 is 0 Å². The number of carbonyl (C=O) groups excluding carboxylic acids is 1. The van der Waals surface area contributed by atoms with Gasteiger partial charge in [0.25, 0.3) is 0 Å². The largest absolute Gasteiger partial charge is 0.399 e. The molecule has 0 aliphatic heterocycles. The maximum atomic E-state index is 11.9. The van der Waals surface area contributed by atoms with Crippen molar-refractivity contribution in [3.05, 3.63) is 23.8 Å². The molecule has 4 nitrogen and oxygen atoms in total. The molecule has 110 valence electrons. The van der Waals surface area contributed by atoms with Gasteiger partial charge in [0.05, 0.1) is 6.10 Å². The van der Waals surface area contributed by atoms with E-state index in [1.807, 2.05) is 19.1 Å². The average molecular weight is 276 g/mol. The lowest BCUT2D eigenvalue weighted by atomic mass is 9.89. The number of nitrogen functional groups attached to an aromatic ring is 1. The van der Waals surface area contributed by atoms with Gasteiger partial charge in [0.2, 0.25) is 5.91 Å². The number of aryl methyl sites for hydroxylation is 1. The number of nitrogens with one attached hydrogen (secondary N) is 1. The number of hydrogen-bond donors (Lipinski definition) is 2. The maximum Gasteiger partial charge on any atom is 0.250 e. The number of ether oxygens (including phenoxy) is 1. The van der Waals surface area contributed by atoms with Gasteiger partial charge in [-0.3, -0.25) is 4.79 Å². The van der Waals surface area contributed by atoms with Crippen LogP contribution >= 0.6 is 0 Å². The number of amides is 1. The molecule has 2 unspecified atom stereocenters. The Morgan fingerprint density at radius 3 is 3.00 bits per heavy atom. The van der Waals surface area contributed by atoms with Crippen molar-refractivity contribution in [3.63, 3.8) is 0 Å². The van der Waals surface area contributed by atoms with Gasteiger partial charge in [-0.15, -0.1) is 0 Å². The first kappa shape index (κ1) is 14.9. The fourth-order valence-corrected chi connectivity index (χ4v) is 2.68. The monoisotopic (exact) mass is 276 g/mol. The molecule has 4 heteroatoms. The predicted octanol–water partition coefficient (Wildman–Crippen LogP) is 3.11. The van der Waals surface area contributed by atoms with E-state index in [0.717, 1.165) is 24.1 Å². The van der Waals surface area contributed by atoms with Gasteiger partial charge < -0.3 is 15.8 Å². The van der Waals surface area contributed by atoms with Gasteiger partial charge in [0.1, 0.15) is 6.61 Å². The third-order valence-electron chi connectivity index (χ3n) is 3.87. The van der Waals surface area contributed by atoms with Crippen LogP contribution in [0.15, 0.2) is 18.2 Å². The Morgan fingerprint density at radius 1 is 1.45 bits per heavy atom. The highest BCUT2D eigenvalue weighted by Crippen LogP contribution is 2.25. The summed E-state index contributed by atoms with van der Waals surface area (Å²) in [6, 6.07) is 5.50. The van der Waals surface area contributed by atoms with Crippen molar-refractivity contribution in [3.8, 4) is 0 Å². The second kappa shape index (κ2) is 6.75. The van der Waals surface area contributed by atoms with E-state index in [1.54, 1.807) is 6.07 Å². The van der Waals surface area contributed by atoms with E-state index in [-0.39, 0.29) is 18.6 Å². The molecule has 20 heavy (non-hydrogen) atoms. The second-order valence-electron chi connectivity index (χ2n) is 5.83. The van der Waals surface area contributed by atoms with E-state index >= 15 is 0 Å². The van der Waals surface area contributed by atoms with Crippen molar-refractivity contribution in [2.24, 2.45) is 5.92 Å². The molecule has 1 aromatic rings. The van der Waals surface area contributed by atoms with Crippen LogP contribution in [0.4, 0.5) is 11.4 Å². The summed E-state index contributed by atoms with van der Waals surface area (Å²) in [6.45, 7) is 4.30. The zero-order valence-electron chi connectivity index (χ0n) is 12.3. The molecule has 3 N–H and O–H groups in total. The first-order valence-corrected chi connectivity index (χ1v) is 7.32. The summed E-state index contributed by atoms with van der Waals surface area (Å²) in [7, 11) is 0. The van der Waals surface area contributed by atoms with Crippen molar-refractivity contribution < 1.29 is 9.53 Å². The van der Waals surface area contributed by atoms with Gasteiger partial charge in [-0.1, -0.05) is 25.8 Å². The van der Waals surface area contributed by atoms with E-state index in [9.17, 15) is 4.79 Å². The molecule has 1 amide bonds. The van der Waals surface area contributed by atoms with E-state index < -0.39 is 0 Å². The third-order valence-corrected chi connectivity index (χ3v) is 3.87. The van der Waals surface area contributed by atoms with E-state index in [4.69, 9.17) is 10.5 Å². The van der Waals surface area contributed by atoms with Crippen molar-refractivity contribution in [2.45, 2.75) is 45.6 Å². The van der Waals surface area contributed by atoms with Crippen molar-refractivity contribution in [2.75, 3.05) is 17.7 Å². The number of carbonyl (C=O) groups is 1. The Bertz CT molecular complexity index is 474. The molecule has 1 aromatic carbocycles. The summed E-state index contributed by atoms with van der Waals surface area (Å²) in [5.41, 5.74) is 8.13.